The molecule has 0 saturated carbocycles. The van der Waals surface area contributed by atoms with Crippen LogP contribution in [0.5, 0.6) is 0 Å². The van der Waals surface area contributed by atoms with Gasteiger partial charge in [-0.2, -0.15) is 4.31 Å². The van der Waals surface area contributed by atoms with Crippen LogP contribution in [-0.4, -0.2) is 37.5 Å². The van der Waals surface area contributed by atoms with Gasteiger partial charge in [0.15, 0.2) is 5.78 Å². The van der Waals surface area contributed by atoms with E-state index in [1.54, 1.807) is 12.1 Å². The standard InChI is InChI=1S/C28H30N2O4S/c1-20-11-13-23(14-12-20)27(22-7-4-3-5-8-22)29-28(32)24-15-17-30(18-16-24)35(33,34)26-10-6-9-25(19-26)21(2)31/h3-14,19,24,27H,15-18H2,1-2H3,(H,29,32). The molecule has 182 valence electrons. The van der Waals surface area contributed by atoms with Crippen LogP contribution < -0.4 is 5.32 Å². The Balaban J connectivity index is 1.45. The highest BCUT2D eigenvalue weighted by Crippen LogP contribution is 2.27. The maximum atomic E-state index is 13.3. The van der Waals surface area contributed by atoms with Gasteiger partial charge in [0.2, 0.25) is 15.9 Å². The van der Waals surface area contributed by atoms with Crippen molar-refractivity contribution in [3.8, 4) is 0 Å². The van der Waals surface area contributed by atoms with Crippen LogP contribution in [0.3, 0.4) is 0 Å². The summed E-state index contributed by atoms with van der Waals surface area (Å²) < 4.78 is 27.7. The summed E-state index contributed by atoms with van der Waals surface area (Å²) in [5.41, 5.74) is 3.51. The summed E-state index contributed by atoms with van der Waals surface area (Å²) >= 11 is 0. The number of amides is 1. The molecule has 1 atom stereocenters. The average molecular weight is 491 g/mol. The zero-order chi connectivity index (χ0) is 25.0. The fraction of sp³-hybridized carbons (Fsp3) is 0.286. The molecule has 1 amide bonds. The van der Waals surface area contributed by atoms with Gasteiger partial charge in [-0.3, -0.25) is 9.59 Å². The SMILES string of the molecule is CC(=O)c1cccc(S(=O)(=O)N2CCC(C(=O)NC(c3ccccc3)c3ccc(C)cc3)CC2)c1. The van der Waals surface area contributed by atoms with Crippen molar-refractivity contribution in [2.45, 2.75) is 37.6 Å². The van der Waals surface area contributed by atoms with E-state index in [-0.39, 0.29) is 41.6 Å². The maximum absolute atomic E-state index is 13.3. The number of carbonyl (C=O) groups excluding carboxylic acids is 2. The summed E-state index contributed by atoms with van der Waals surface area (Å²) in [4.78, 5) is 25.0. The van der Waals surface area contributed by atoms with Crippen LogP contribution in [0.25, 0.3) is 0 Å². The van der Waals surface area contributed by atoms with Gasteiger partial charge in [-0.1, -0.05) is 72.3 Å². The first-order valence-electron chi connectivity index (χ1n) is 11.8. The molecule has 3 aromatic carbocycles. The molecular weight excluding hydrogens is 460 g/mol. The summed E-state index contributed by atoms with van der Waals surface area (Å²) in [7, 11) is -3.73. The fourth-order valence-electron chi connectivity index (χ4n) is 4.41. The molecule has 1 unspecified atom stereocenters. The zero-order valence-corrected chi connectivity index (χ0v) is 20.8. The van der Waals surface area contributed by atoms with E-state index in [0.717, 1.165) is 16.7 Å². The number of ketones is 1. The molecule has 1 aliphatic rings. The second-order valence-corrected chi connectivity index (χ2v) is 11.0. The molecule has 7 heteroatoms. The Morgan fingerprint density at radius 2 is 1.51 bits per heavy atom. The van der Waals surface area contributed by atoms with Crippen molar-refractivity contribution in [1.82, 2.24) is 9.62 Å². The topological polar surface area (TPSA) is 83.6 Å². The number of carbonyl (C=O) groups is 2. The van der Waals surface area contributed by atoms with Crippen LogP contribution in [0.1, 0.15) is 52.9 Å². The van der Waals surface area contributed by atoms with E-state index < -0.39 is 10.0 Å². The van der Waals surface area contributed by atoms with E-state index in [1.165, 1.54) is 23.4 Å². The highest BCUT2D eigenvalue weighted by molar-refractivity contribution is 7.89. The number of nitrogens with zero attached hydrogens (tertiary/aromatic N) is 1. The van der Waals surface area contributed by atoms with Crippen LogP contribution in [-0.2, 0) is 14.8 Å². The van der Waals surface area contributed by atoms with Crippen molar-refractivity contribution < 1.29 is 18.0 Å². The predicted octanol–water partition coefficient (Wildman–Crippen LogP) is 4.50. The molecule has 4 rings (SSSR count). The van der Waals surface area contributed by atoms with E-state index >= 15 is 0 Å². The number of piperidine rings is 1. The third kappa shape index (κ3) is 5.69. The third-order valence-corrected chi connectivity index (χ3v) is 8.43. The Morgan fingerprint density at radius 3 is 2.14 bits per heavy atom. The number of aryl methyl sites for hydroxylation is 1. The third-order valence-electron chi connectivity index (χ3n) is 6.53. The van der Waals surface area contributed by atoms with Crippen molar-refractivity contribution in [1.29, 1.82) is 0 Å². The van der Waals surface area contributed by atoms with E-state index in [1.807, 2.05) is 61.5 Å². The quantitative estimate of drug-likeness (QED) is 0.494. The van der Waals surface area contributed by atoms with Gasteiger partial charge in [-0.15, -0.1) is 0 Å². The van der Waals surface area contributed by atoms with Gasteiger partial charge in [-0.25, -0.2) is 8.42 Å². The molecule has 0 spiro atoms. The van der Waals surface area contributed by atoms with Crippen LogP contribution in [0.15, 0.2) is 83.8 Å². The predicted molar refractivity (Wildman–Crippen MR) is 136 cm³/mol. The smallest absolute Gasteiger partial charge is 0.243 e. The monoisotopic (exact) mass is 490 g/mol. The highest BCUT2D eigenvalue weighted by atomic mass is 32.2. The minimum Gasteiger partial charge on any atom is -0.345 e. The molecule has 1 fully saturated rings. The summed E-state index contributed by atoms with van der Waals surface area (Å²) in [6.07, 6.45) is 0.875. The van der Waals surface area contributed by atoms with Gasteiger partial charge in [0, 0.05) is 24.6 Å². The Morgan fingerprint density at radius 1 is 0.886 bits per heavy atom. The van der Waals surface area contributed by atoms with Crippen molar-refractivity contribution in [2.75, 3.05) is 13.1 Å². The summed E-state index contributed by atoms with van der Waals surface area (Å²) in [5, 5.41) is 3.20. The Hall–Kier alpha value is -3.29. The van der Waals surface area contributed by atoms with Crippen LogP contribution in [0, 0.1) is 12.8 Å². The Kier molecular flexibility index (Phi) is 7.48. The first-order chi connectivity index (χ1) is 16.8. The van der Waals surface area contributed by atoms with E-state index in [4.69, 9.17) is 0 Å². The Labute approximate surface area is 207 Å². The molecular formula is C28H30N2O4S. The van der Waals surface area contributed by atoms with Crippen LogP contribution in [0.4, 0.5) is 0 Å². The van der Waals surface area contributed by atoms with Crippen molar-refractivity contribution in [3.63, 3.8) is 0 Å². The highest BCUT2D eigenvalue weighted by Gasteiger charge is 2.33. The molecule has 1 aliphatic heterocycles. The lowest BCUT2D eigenvalue weighted by Gasteiger charge is -2.31. The van der Waals surface area contributed by atoms with Crippen LogP contribution >= 0.6 is 0 Å². The summed E-state index contributed by atoms with van der Waals surface area (Å²) in [6.45, 7) is 3.95. The lowest BCUT2D eigenvalue weighted by atomic mass is 9.94. The average Bonchev–Trinajstić information content (AvgIpc) is 2.88. The summed E-state index contributed by atoms with van der Waals surface area (Å²) in [6, 6.07) is 23.8. The Bertz CT molecular complexity index is 1300. The number of hydrogen-bond acceptors (Lipinski definition) is 4. The molecule has 0 aliphatic carbocycles. The van der Waals surface area contributed by atoms with Gasteiger partial charge in [0.25, 0.3) is 0 Å². The number of hydrogen-bond donors (Lipinski definition) is 1. The van der Waals surface area contributed by atoms with Gasteiger partial charge in [0.1, 0.15) is 0 Å². The number of sulfonamides is 1. The number of nitrogens with one attached hydrogen (secondary N) is 1. The van der Waals surface area contributed by atoms with Gasteiger partial charge < -0.3 is 5.32 Å². The van der Waals surface area contributed by atoms with E-state index in [2.05, 4.69) is 5.32 Å². The lowest BCUT2D eigenvalue weighted by molar-refractivity contribution is -0.126. The van der Waals surface area contributed by atoms with Crippen molar-refractivity contribution in [3.05, 3.63) is 101 Å². The number of rotatable bonds is 7. The second kappa shape index (κ2) is 10.5. The van der Waals surface area contributed by atoms with Gasteiger partial charge in [-0.05, 0) is 49.9 Å². The van der Waals surface area contributed by atoms with Crippen molar-refractivity contribution >= 4 is 21.7 Å². The molecule has 0 radical (unpaired) electrons. The first-order valence-corrected chi connectivity index (χ1v) is 13.2. The molecule has 0 bridgehead atoms. The molecule has 1 heterocycles. The minimum absolute atomic E-state index is 0.0740. The molecule has 35 heavy (non-hydrogen) atoms. The minimum atomic E-state index is -3.73. The largest absolute Gasteiger partial charge is 0.345 e. The normalized spacial score (nSPS) is 15.9. The summed E-state index contributed by atoms with van der Waals surface area (Å²) in [5.74, 6) is -0.532. The second-order valence-electron chi connectivity index (χ2n) is 9.03. The van der Waals surface area contributed by atoms with Gasteiger partial charge in [0.05, 0.1) is 10.9 Å². The first kappa shape index (κ1) is 24.8. The molecule has 6 nitrogen and oxygen atoms in total. The fourth-order valence-corrected chi connectivity index (χ4v) is 5.92. The van der Waals surface area contributed by atoms with Gasteiger partial charge >= 0.3 is 0 Å². The zero-order valence-electron chi connectivity index (χ0n) is 20.0. The van der Waals surface area contributed by atoms with Crippen molar-refractivity contribution in [2.24, 2.45) is 5.92 Å². The molecule has 0 aromatic heterocycles. The maximum Gasteiger partial charge on any atom is 0.243 e. The van der Waals surface area contributed by atoms with Crippen LogP contribution in [0.2, 0.25) is 0 Å². The van der Waals surface area contributed by atoms with E-state index in [0.29, 0.717) is 18.4 Å². The lowest BCUT2D eigenvalue weighted by Crippen LogP contribution is -2.43. The number of benzene rings is 3. The molecule has 3 aromatic rings. The van der Waals surface area contributed by atoms with E-state index in [9.17, 15) is 18.0 Å². The number of Topliss-reactive ketones (excluding diaryl/α,β-unsaturated/α-hetero) is 1. The molecule has 1 N–H and O–H groups in total. The molecule has 1 saturated heterocycles.